The van der Waals surface area contributed by atoms with Crippen molar-refractivity contribution in [3.63, 3.8) is 0 Å². The van der Waals surface area contributed by atoms with Gasteiger partial charge in [-0.15, -0.1) is 0 Å². The zero-order chi connectivity index (χ0) is 18.3. The maximum absolute atomic E-state index is 13.2. The number of halogens is 1. The van der Waals surface area contributed by atoms with Crippen molar-refractivity contribution in [1.82, 2.24) is 15.0 Å². The lowest BCUT2D eigenvalue weighted by Gasteiger charge is -2.25. The maximum Gasteiger partial charge on any atom is 0.220 e. The van der Waals surface area contributed by atoms with Crippen LogP contribution >= 0.6 is 0 Å². The molecule has 2 N–H and O–H groups in total. The molecule has 1 unspecified atom stereocenters. The lowest BCUT2D eigenvalue weighted by atomic mass is 9.79. The van der Waals surface area contributed by atoms with E-state index in [4.69, 9.17) is 5.73 Å². The van der Waals surface area contributed by atoms with Crippen LogP contribution in [0.3, 0.4) is 0 Å². The van der Waals surface area contributed by atoms with Crippen LogP contribution in [0, 0.1) is 12.7 Å². The molecule has 0 fully saturated rings. The number of nitrogens with zero attached hydrogens (tertiary/aromatic N) is 3. The van der Waals surface area contributed by atoms with Gasteiger partial charge >= 0.3 is 0 Å². The number of aryl methyl sites for hydroxylation is 1. The minimum Gasteiger partial charge on any atom is -0.368 e. The fourth-order valence-corrected chi connectivity index (χ4v) is 3.64. The zero-order valence-electron chi connectivity index (χ0n) is 14.2. The third-order valence-corrected chi connectivity index (χ3v) is 4.74. The summed E-state index contributed by atoms with van der Waals surface area (Å²) in [5.41, 5.74) is 10.3. The molecule has 0 spiro atoms. The fourth-order valence-electron chi connectivity index (χ4n) is 3.64. The van der Waals surface area contributed by atoms with Crippen molar-refractivity contribution >= 4 is 11.7 Å². The summed E-state index contributed by atoms with van der Waals surface area (Å²) in [4.78, 5) is 25.3. The van der Waals surface area contributed by atoms with Crippen molar-refractivity contribution in [2.75, 3.05) is 5.73 Å². The summed E-state index contributed by atoms with van der Waals surface area (Å²) in [7, 11) is 0. The van der Waals surface area contributed by atoms with Gasteiger partial charge in [0.05, 0.1) is 28.8 Å². The molecule has 1 aliphatic carbocycles. The number of fused-ring (bicyclic) bond motifs is 1. The van der Waals surface area contributed by atoms with Crippen molar-refractivity contribution < 1.29 is 9.18 Å². The summed E-state index contributed by atoms with van der Waals surface area (Å²) in [6, 6.07) is 10.8. The van der Waals surface area contributed by atoms with Crippen molar-refractivity contribution in [3.05, 3.63) is 70.9 Å². The Kier molecular flexibility index (Phi) is 3.95. The number of hydrogen-bond acceptors (Lipinski definition) is 5. The van der Waals surface area contributed by atoms with Gasteiger partial charge in [-0.25, -0.2) is 14.4 Å². The highest BCUT2D eigenvalue weighted by molar-refractivity contribution is 6.00. The second-order valence-corrected chi connectivity index (χ2v) is 6.47. The van der Waals surface area contributed by atoms with Gasteiger partial charge in [0.15, 0.2) is 5.78 Å². The topological polar surface area (TPSA) is 81.8 Å². The van der Waals surface area contributed by atoms with E-state index in [-0.39, 0.29) is 23.5 Å². The SMILES string of the molecule is Cc1nc(N)nc2c1C(=O)CC(c1ccccc1-c1ccc(F)cn1)C2. The average molecular weight is 348 g/mol. The number of Topliss-reactive ketones (excluding diaryl/α,β-unsaturated/α-hetero) is 1. The molecule has 4 rings (SSSR count). The molecule has 1 aromatic carbocycles. The third-order valence-electron chi connectivity index (χ3n) is 4.74. The molecule has 0 amide bonds. The summed E-state index contributed by atoms with van der Waals surface area (Å²) >= 11 is 0. The minimum absolute atomic E-state index is 0.0237. The Balaban J connectivity index is 1.78. The standard InChI is InChI=1S/C20H17FN4O/c1-11-19-17(25-20(22)24-11)8-12(9-18(19)26)14-4-2-3-5-15(14)16-7-6-13(21)10-23-16/h2-7,10,12H,8-9H2,1H3,(H2,22,24,25). The van der Waals surface area contributed by atoms with Crippen molar-refractivity contribution in [3.8, 4) is 11.3 Å². The van der Waals surface area contributed by atoms with E-state index >= 15 is 0 Å². The van der Waals surface area contributed by atoms with E-state index in [2.05, 4.69) is 15.0 Å². The quantitative estimate of drug-likeness (QED) is 0.767. The Bertz CT molecular complexity index is 1000. The van der Waals surface area contributed by atoms with Gasteiger partial charge in [0.2, 0.25) is 5.95 Å². The lowest BCUT2D eigenvalue weighted by Crippen LogP contribution is -2.23. The summed E-state index contributed by atoms with van der Waals surface area (Å²) in [5.74, 6) is -0.207. The number of hydrogen-bond donors (Lipinski definition) is 1. The van der Waals surface area contributed by atoms with Crippen LogP contribution in [0.4, 0.5) is 10.3 Å². The average Bonchev–Trinajstić information content (AvgIpc) is 2.61. The number of benzene rings is 1. The van der Waals surface area contributed by atoms with Gasteiger partial charge in [-0.05, 0) is 37.0 Å². The minimum atomic E-state index is -0.379. The first kappa shape index (κ1) is 16.3. The first-order valence-corrected chi connectivity index (χ1v) is 8.40. The first-order chi connectivity index (χ1) is 12.5. The molecule has 5 nitrogen and oxygen atoms in total. The first-order valence-electron chi connectivity index (χ1n) is 8.40. The van der Waals surface area contributed by atoms with Crippen LogP contribution in [0.5, 0.6) is 0 Å². The fraction of sp³-hybridized carbons (Fsp3) is 0.200. The van der Waals surface area contributed by atoms with Crippen molar-refractivity contribution in [2.24, 2.45) is 0 Å². The molecule has 2 aromatic heterocycles. The molecular formula is C20H17FN4O. The molecule has 3 aromatic rings. The number of aromatic nitrogens is 3. The number of carbonyl (C=O) groups excluding carboxylic acids is 1. The smallest absolute Gasteiger partial charge is 0.220 e. The van der Waals surface area contributed by atoms with Gasteiger partial charge in [0, 0.05) is 12.0 Å². The molecule has 130 valence electrons. The van der Waals surface area contributed by atoms with Gasteiger partial charge in [0.25, 0.3) is 0 Å². The largest absolute Gasteiger partial charge is 0.368 e. The van der Waals surface area contributed by atoms with E-state index in [9.17, 15) is 9.18 Å². The van der Waals surface area contributed by atoms with Crippen LogP contribution in [-0.2, 0) is 6.42 Å². The zero-order valence-corrected chi connectivity index (χ0v) is 14.2. The monoisotopic (exact) mass is 348 g/mol. The van der Waals surface area contributed by atoms with Crippen molar-refractivity contribution in [2.45, 2.75) is 25.7 Å². The van der Waals surface area contributed by atoms with Gasteiger partial charge in [-0.2, -0.15) is 0 Å². The van der Waals surface area contributed by atoms with Gasteiger partial charge in [-0.1, -0.05) is 24.3 Å². The lowest BCUT2D eigenvalue weighted by molar-refractivity contribution is 0.0962. The van der Waals surface area contributed by atoms with E-state index in [0.29, 0.717) is 35.5 Å². The number of nitrogen functional groups attached to an aromatic ring is 1. The molecule has 0 radical (unpaired) electrons. The number of nitrogens with two attached hydrogens (primary N) is 1. The molecule has 6 heteroatoms. The Morgan fingerprint density at radius 3 is 2.69 bits per heavy atom. The van der Waals surface area contributed by atoms with Crippen molar-refractivity contribution in [1.29, 1.82) is 0 Å². The molecule has 26 heavy (non-hydrogen) atoms. The van der Waals surface area contributed by atoms with E-state index in [1.54, 1.807) is 13.0 Å². The van der Waals surface area contributed by atoms with Crippen LogP contribution < -0.4 is 5.73 Å². The molecule has 2 heterocycles. The highest BCUT2D eigenvalue weighted by Gasteiger charge is 2.31. The highest BCUT2D eigenvalue weighted by atomic mass is 19.1. The second kappa shape index (κ2) is 6.29. The Morgan fingerprint density at radius 1 is 1.12 bits per heavy atom. The van der Waals surface area contributed by atoms with Crippen LogP contribution in [0.25, 0.3) is 11.3 Å². The molecular weight excluding hydrogens is 331 g/mol. The molecule has 0 saturated heterocycles. The summed E-state index contributed by atoms with van der Waals surface area (Å²) < 4.78 is 13.2. The normalized spacial score (nSPS) is 16.4. The van der Waals surface area contributed by atoms with Crippen LogP contribution in [-0.4, -0.2) is 20.7 Å². The summed E-state index contributed by atoms with van der Waals surface area (Å²) in [5, 5.41) is 0. The van der Waals surface area contributed by atoms with Gasteiger partial charge < -0.3 is 5.73 Å². The van der Waals surface area contributed by atoms with Crippen LogP contribution in [0.15, 0.2) is 42.6 Å². The number of carbonyl (C=O) groups is 1. The summed E-state index contributed by atoms with van der Waals surface area (Å²) in [6.45, 7) is 1.78. The second-order valence-electron chi connectivity index (χ2n) is 6.47. The third kappa shape index (κ3) is 2.83. The van der Waals surface area contributed by atoms with Crippen LogP contribution in [0.1, 0.15) is 39.6 Å². The van der Waals surface area contributed by atoms with Gasteiger partial charge in [0.1, 0.15) is 5.82 Å². The molecule has 0 aliphatic heterocycles. The van der Waals surface area contributed by atoms with E-state index in [0.717, 1.165) is 11.1 Å². The molecule has 1 aliphatic rings. The van der Waals surface area contributed by atoms with E-state index in [1.807, 2.05) is 24.3 Å². The van der Waals surface area contributed by atoms with Crippen LogP contribution in [0.2, 0.25) is 0 Å². The number of ketones is 1. The summed E-state index contributed by atoms with van der Waals surface area (Å²) in [6.07, 6.45) is 2.18. The Labute approximate surface area is 150 Å². The van der Waals surface area contributed by atoms with E-state index < -0.39 is 0 Å². The number of rotatable bonds is 2. The molecule has 0 bridgehead atoms. The van der Waals surface area contributed by atoms with E-state index in [1.165, 1.54) is 12.3 Å². The Morgan fingerprint density at radius 2 is 1.92 bits per heavy atom. The Hall–Kier alpha value is -3.15. The number of anilines is 1. The van der Waals surface area contributed by atoms with Gasteiger partial charge in [-0.3, -0.25) is 9.78 Å². The predicted molar refractivity (Wildman–Crippen MR) is 96.2 cm³/mol. The highest BCUT2D eigenvalue weighted by Crippen LogP contribution is 2.37. The maximum atomic E-state index is 13.2. The molecule has 1 atom stereocenters. The predicted octanol–water partition coefficient (Wildman–Crippen LogP) is 3.48. The molecule has 0 saturated carbocycles. The number of pyridine rings is 1.